The smallest absolute Gasteiger partial charge is 0.248 e. The predicted molar refractivity (Wildman–Crippen MR) is 85.8 cm³/mol. The molecule has 0 aliphatic carbocycles. The van der Waals surface area contributed by atoms with Crippen molar-refractivity contribution in [3.63, 3.8) is 0 Å². The molecular weight excluding hydrogens is 260 g/mol. The van der Waals surface area contributed by atoms with Crippen molar-refractivity contribution in [1.29, 1.82) is 0 Å². The third kappa shape index (κ3) is 4.17. The fourth-order valence-electron chi connectivity index (χ4n) is 2.46. The number of hydrogen-bond acceptors (Lipinski definition) is 2. The van der Waals surface area contributed by atoms with Crippen LogP contribution < -0.4 is 11.1 Å². The van der Waals surface area contributed by atoms with Gasteiger partial charge in [0.05, 0.1) is 0 Å². The first-order valence-electron chi connectivity index (χ1n) is 7.25. The highest BCUT2D eigenvalue weighted by molar-refractivity contribution is 5.92. The molecule has 1 amide bonds. The van der Waals surface area contributed by atoms with Gasteiger partial charge in [-0.1, -0.05) is 56.3 Å². The number of primary amides is 1. The molecule has 0 aromatic heterocycles. The summed E-state index contributed by atoms with van der Waals surface area (Å²) in [6, 6.07) is 18.1. The summed E-state index contributed by atoms with van der Waals surface area (Å²) in [7, 11) is 0. The Morgan fingerprint density at radius 1 is 1.10 bits per heavy atom. The van der Waals surface area contributed by atoms with Crippen molar-refractivity contribution in [3.05, 3.63) is 71.3 Å². The van der Waals surface area contributed by atoms with Crippen LogP contribution in [-0.4, -0.2) is 5.91 Å². The Kier molecular flexibility index (Phi) is 5.12. The van der Waals surface area contributed by atoms with Crippen molar-refractivity contribution >= 4 is 5.91 Å². The molecule has 2 rings (SSSR count). The van der Waals surface area contributed by atoms with Crippen LogP contribution in [0.3, 0.4) is 0 Å². The van der Waals surface area contributed by atoms with Gasteiger partial charge >= 0.3 is 0 Å². The first kappa shape index (κ1) is 15.3. The SMILES string of the molecule is CC(C)C(NCc1cccc(C(N)=O)c1)c1ccccc1. The van der Waals surface area contributed by atoms with E-state index in [1.165, 1.54) is 5.56 Å². The normalized spacial score (nSPS) is 12.3. The van der Waals surface area contributed by atoms with Gasteiger partial charge in [-0.25, -0.2) is 0 Å². The fraction of sp³-hybridized carbons (Fsp3) is 0.278. The van der Waals surface area contributed by atoms with Crippen LogP contribution in [0.2, 0.25) is 0 Å². The van der Waals surface area contributed by atoms with E-state index in [4.69, 9.17) is 5.73 Å². The zero-order valence-corrected chi connectivity index (χ0v) is 12.5. The lowest BCUT2D eigenvalue weighted by atomic mass is 9.96. The standard InChI is InChI=1S/C18H22N2O/c1-13(2)17(15-8-4-3-5-9-15)20-12-14-7-6-10-16(11-14)18(19)21/h3-11,13,17,20H,12H2,1-2H3,(H2,19,21). The lowest BCUT2D eigenvalue weighted by molar-refractivity contribution is 0.1000. The quantitative estimate of drug-likeness (QED) is 0.854. The topological polar surface area (TPSA) is 55.1 Å². The molecular formula is C18H22N2O. The molecule has 0 spiro atoms. The predicted octanol–water partition coefficient (Wildman–Crippen LogP) is 3.27. The number of amides is 1. The van der Waals surface area contributed by atoms with Crippen molar-refractivity contribution in [3.8, 4) is 0 Å². The molecule has 1 unspecified atom stereocenters. The highest BCUT2D eigenvalue weighted by Gasteiger charge is 2.14. The average Bonchev–Trinajstić information content (AvgIpc) is 2.48. The number of nitrogens with one attached hydrogen (secondary N) is 1. The van der Waals surface area contributed by atoms with Crippen molar-refractivity contribution in [2.45, 2.75) is 26.4 Å². The van der Waals surface area contributed by atoms with Crippen LogP contribution in [0.15, 0.2) is 54.6 Å². The van der Waals surface area contributed by atoms with E-state index in [-0.39, 0.29) is 11.9 Å². The van der Waals surface area contributed by atoms with Crippen molar-refractivity contribution in [1.82, 2.24) is 5.32 Å². The van der Waals surface area contributed by atoms with Gasteiger partial charge < -0.3 is 11.1 Å². The Labute approximate surface area is 126 Å². The van der Waals surface area contributed by atoms with Gasteiger partial charge in [0, 0.05) is 18.2 Å². The summed E-state index contributed by atoms with van der Waals surface area (Å²) < 4.78 is 0. The van der Waals surface area contributed by atoms with Gasteiger partial charge in [-0.3, -0.25) is 4.79 Å². The Morgan fingerprint density at radius 2 is 1.81 bits per heavy atom. The van der Waals surface area contributed by atoms with E-state index in [1.807, 2.05) is 24.3 Å². The average molecular weight is 282 g/mol. The van der Waals surface area contributed by atoms with Gasteiger partial charge in [0.1, 0.15) is 0 Å². The molecule has 0 bridgehead atoms. The van der Waals surface area contributed by atoms with Crippen LogP contribution in [0.1, 0.15) is 41.4 Å². The molecule has 2 aromatic carbocycles. The third-order valence-corrected chi connectivity index (χ3v) is 3.56. The van der Waals surface area contributed by atoms with Crippen LogP contribution in [0.4, 0.5) is 0 Å². The summed E-state index contributed by atoms with van der Waals surface area (Å²) >= 11 is 0. The molecule has 0 saturated carbocycles. The van der Waals surface area contributed by atoms with E-state index in [9.17, 15) is 4.79 Å². The Hall–Kier alpha value is -2.13. The van der Waals surface area contributed by atoms with Gasteiger partial charge in [-0.05, 0) is 29.2 Å². The van der Waals surface area contributed by atoms with Crippen LogP contribution in [0, 0.1) is 5.92 Å². The minimum absolute atomic E-state index is 0.281. The van der Waals surface area contributed by atoms with Crippen LogP contribution in [0.25, 0.3) is 0 Å². The molecule has 3 nitrogen and oxygen atoms in total. The molecule has 0 saturated heterocycles. The molecule has 0 aliphatic heterocycles. The Balaban J connectivity index is 2.09. The van der Waals surface area contributed by atoms with Gasteiger partial charge in [0.2, 0.25) is 5.91 Å². The van der Waals surface area contributed by atoms with Gasteiger partial charge in [0.25, 0.3) is 0 Å². The Bertz CT molecular complexity index is 593. The first-order valence-corrected chi connectivity index (χ1v) is 7.25. The monoisotopic (exact) mass is 282 g/mol. The number of carbonyl (C=O) groups is 1. The minimum atomic E-state index is -0.389. The van der Waals surface area contributed by atoms with Crippen LogP contribution >= 0.6 is 0 Å². The molecule has 21 heavy (non-hydrogen) atoms. The maximum absolute atomic E-state index is 11.2. The van der Waals surface area contributed by atoms with Crippen molar-refractivity contribution in [2.75, 3.05) is 0 Å². The zero-order chi connectivity index (χ0) is 15.2. The minimum Gasteiger partial charge on any atom is -0.366 e. The molecule has 0 fully saturated rings. The summed E-state index contributed by atoms with van der Waals surface area (Å²) in [6.45, 7) is 5.11. The molecule has 1 atom stereocenters. The molecule has 2 aromatic rings. The van der Waals surface area contributed by atoms with E-state index >= 15 is 0 Å². The maximum Gasteiger partial charge on any atom is 0.248 e. The second kappa shape index (κ2) is 7.04. The number of benzene rings is 2. The van der Waals surface area contributed by atoms with Gasteiger partial charge in [-0.15, -0.1) is 0 Å². The number of hydrogen-bond donors (Lipinski definition) is 2. The van der Waals surface area contributed by atoms with Gasteiger partial charge in [0.15, 0.2) is 0 Å². The highest BCUT2D eigenvalue weighted by Crippen LogP contribution is 2.21. The van der Waals surface area contributed by atoms with E-state index in [0.717, 1.165) is 5.56 Å². The van der Waals surface area contributed by atoms with Crippen LogP contribution in [-0.2, 0) is 6.54 Å². The lowest BCUT2D eigenvalue weighted by Crippen LogP contribution is -2.25. The van der Waals surface area contributed by atoms with Crippen molar-refractivity contribution < 1.29 is 4.79 Å². The number of nitrogens with two attached hydrogens (primary N) is 1. The van der Waals surface area contributed by atoms with Gasteiger partial charge in [-0.2, -0.15) is 0 Å². The van der Waals surface area contributed by atoms with E-state index in [0.29, 0.717) is 18.0 Å². The molecule has 0 aliphatic rings. The fourth-order valence-corrected chi connectivity index (χ4v) is 2.46. The third-order valence-electron chi connectivity index (χ3n) is 3.56. The maximum atomic E-state index is 11.2. The van der Waals surface area contributed by atoms with E-state index in [2.05, 4.69) is 43.4 Å². The largest absolute Gasteiger partial charge is 0.366 e. The summed E-state index contributed by atoms with van der Waals surface area (Å²) in [6.07, 6.45) is 0. The first-order chi connectivity index (χ1) is 10.1. The lowest BCUT2D eigenvalue weighted by Gasteiger charge is -2.23. The molecule has 0 radical (unpaired) electrons. The Morgan fingerprint density at radius 3 is 2.43 bits per heavy atom. The van der Waals surface area contributed by atoms with E-state index < -0.39 is 0 Å². The summed E-state index contributed by atoms with van der Waals surface area (Å²) in [5.41, 5.74) is 8.21. The summed E-state index contributed by atoms with van der Waals surface area (Å²) in [4.78, 5) is 11.2. The number of rotatable bonds is 6. The van der Waals surface area contributed by atoms with E-state index in [1.54, 1.807) is 6.07 Å². The molecule has 3 heteroatoms. The van der Waals surface area contributed by atoms with Crippen LogP contribution in [0.5, 0.6) is 0 Å². The molecule has 0 heterocycles. The van der Waals surface area contributed by atoms with Crippen molar-refractivity contribution in [2.24, 2.45) is 11.7 Å². The number of carbonyl (C=O) groups excluding carboxylic acids is 1. The second-order valence-electron chi connectivity index (χ2n) is 5.58. The zero-order valence-electron chi connectivity index (χ0n) is 12.5. The second-order valence-corrected chi connectivity index (χ2v) is 5.58. The molecule has 110 valence electrons. The summed E-state index contributed by atoms with van der Waals surface area (Å²) in [5, 5.41) is 3.57. The summed E-state index contributed by atoms with van der Waals surface area (Å²) in [5.74, 6) is 0.0899. The molecule has 3 N–H and O–H groups in total. The highest BCUT2D eigenvalue weighted by atomic mass is 16.1.